The van der Waals surface area contributed by atoms with E-state index in [1.807, 2.05) is 13.8 Å². The molecule has 120 valence electrons. The van der Waals surface area contributed by atoms with Crippen molar-refractivity contribution in [3.63, 3.8) is 0 Å². The smallest absolute Gasteiger partial charge is 0.242 e. The third-order valence-corrected chi connectivity index (χ3v) is 5.71. The van der Waals surface area contributed by atoms with Crippen LogP contribution in [0.1, 0.15) is 38.7 Å². The standard InChI is InChI=1S/C14H22Cl2N2O2S/c1-4-6-10(5-2)18-21(19,20)13-8-7-12(15)11(9-17-3)14(13)16/h7-8,10,17-18H,4-6,9H2,1-3H3. The third kappa shape index (κ3) is 4.83. The molecule has 0 saturated carbocycles. The largest absolute Gasteiger partial charge is 0.316 e. The van der Waals surface area contributed by atoms with Crippen LogP contribution in [0.4, 0.5) is 0 Å². The molecule has 0 aliphatic rings. The number of sulfonamides is 1. The highest BCUT2D eigenvalue weighted by Crippen LogP contribution is 2.31. The fourth-order valence-electron chi connectivity index (χ4n) is 2.10. The van der Waals surface area contributed by atoms with E-state index in [4.69, 9.17) is 23.2 Å². The van der Waals surface area contributed by atoms with Crippen molar-refractivity contribution < 1.29 is 8.42 Å². The summed E-state index contributed by atoms with van der Waals surface area (Å²) >= 11 is 12.3. The predicted octanol–water partition coefficient (Wildman–Crippen LogP) is 3.57. The Morgan fingerprint density at radius 1 is 1.24 bits per heavy atom. The van der Waals surface area contributed by atoms with Crippen LogP contribution < -0.4 is 10.0 Å². The van der Waals surface area contributed by atoms with Crippen molar-refractivity contribution in [2.75, 3.05) is 7.05 Å². The first-order valence-corrected chi connectivity index (χ1v) is 9.25. The molecule has 1 aromatic carbocycles. The fraction of sp³-hybridized carbons (Fsp3) is 0.571. The minimum absolute atomic E-state index is 0.0772. The molecule has 1 atom stereocenters. The van der Waals surface area contributed by atoms with Crippen molar-refractivity contribution in [3.05, 3.63) is 27.7 Å². The summed E-state index contributed by atoms with van der Waals surface area (Å²) in [6.07, 6.45) is 2.45. The Hall–Kier alpha value is -0.330. The highest BCUT2D eigenvalue weighted by Gasteiger charge is 2.23. The van der Waals surface area contributed by atoms with Crippen molar-refractivity contribution in [2.45, 2.75) is 50.6 Å². The van der Waals surface area contributed by atoms with Gasteiger partial charge in [0.1, 0.15) is 4.90 Å². The molecule has 0 bridgehead atoms. The molecule has 7 heteroatoms. The van der Waals surface area contributed by atoms with Gasteiger partial charge in [0.25, 0.3) is 0 Å². The second kappa shape index (κ2) is 8.34. The maximum atomic E-state index is 12.5. The summed E-state index contributed by atoms with van der Waals surface area (Å²) < 4.78 is 27.7. The first-order valence-electron chi connectivity index (χ1n) is 7.01. The number of halogens is 2. The molecule has 1 aromatic rings. The van der Waals surface area contributed by atoms with Gasteiger partial charge in [-0.2, -0.15) is 0 Å². The lowest BCUT2D eigenvalue weighted by molar-refractivity contribution is 0.512. The molecule has 0 aliphatic heterocycles. The molecule has 0 radical (unpaired) electrons. The van der Waals surface area contributed by atoms with Crippen LogP contribution in [-0.2, 0) is 16.6 Å². The lowest BCUT2D eigenvalue weighted by atomic mass is 10.1. The van der Waals surface area contributed by atoms with Gasteiger partial charge >= 0.3 is 0 Å². The van der Waals surface area contributed by atoms with Crippen molar-refractivity contribution >= 4 is 33.2 Å². The van der Waals surface area contributed by atoms with Gasteiger partial charge in [-0.15, -0.1) is 0 Å². The molecule has 0 heterocycles. The molecule has 4 nitrogen and oxygen atoms in total. The van der Waals surface area contributed by atoms with Gasteiger partial charge in [0, 0.05) is 23.2 Å². The van der Waals surface area contributed by atoms with Crippen molar-refractivity contribution in [2.24, 2.45) is 0 Å². The van der Waals surface area contributed by atoms with E-state index in [0.717, 1.165) is 19.3 Å². The molecular weight excluding hydrogens is 331 g/mol. The normalized spacial score (nSPS) is 13.4. The maximum Gasteiger partial charge on any atom is 0.242 e. The van der Waals surface area contributed by atoms with E-state index in [1.54, 1.807) is 13.1 Å². The maximum absolute atomic E-state index is 12.5. The van der Waals surface area contributed by atoms with E-state index < -0.39 is 10.0 Å². The molecule has 0 fully saturated rings. The number of hydrogen-bond acceptors (Lipinski definition) is 3. The van der Waals surface area contributed by atoms with E-state index in [-0.39, 0.29) is 16.0 Å². The summed E-state index contributed by atoms with van der Waals surface area (Å²) in [5, 5.41) is 3.56. The van der Waals surface area contributed by atoms with Crippen LogP contribution in [0.25, 0.3) is 0 Å². The van der Waals surface area contributed by atoms with Crippen molar-refractivity contribution in [1.82, 2.24) is 10.0 Å². The summed E-state index contributed by atoms with van der Waals surface area (Å²) in [6.45, 7) is 4.39. The second-order valence-electron chi connectivity index (χ2n) is 4.88. The van der Waals surface area contributed by atoms with Crippen LogP contribution in [0.2, 0.25) is 10.0 Å². The summed E-state index contributed by atoms with van der Waals surface area (Å²) in [5.74, 6) is 0. The zero-order valence-electron chi connectivity index (χ0n) is 12.5. The quantitative estimate of drug-likeness (QED) is 0.751. The van der Waals surface area contributed by atoms with Gasteiger partial charge in [-0.3, -0.25) is 0 Å². The Morgan fingerprint density at radius 2 is 1.90 bits per heavy atom. The summed E-state index contributed by atoms with van der Waals surface area (Å²) in [6, 6.07) is 2.93. The predicted molar refractivity (Wildman–Crippen MR) is 88.5 cm³/mol. The fourth-order valence-corrected chi connectivity index (χ4v) is 4.37. The summed E-state index contributed by atoms with van der Waals surface area (Å²) in [7, 11) is -1.90. The highest BCUT2D eigenvalue weighted by molar-refractivity contribution is 7.89. The molecule has 0 amide bonds. The Bertz CT molecular complexity index is 577. The summed E-state index contributed by atoms with van der Waals surface area (Å²) in [5.41, 5.74) is 0.590. The Labute approximate surface area is 137 Å². The van der Waals surface area contributed by atoms with Crippen LogP contribution in [0.15, 0.2) is 17.0 Å². The minimum Gasteiger partial charge on any atom is -0.316 e. The molecule has 0 aliphatic carbocycles. The van der Waals surface area contributed by atoms with Crippen LogP contribution >= 0.6 is 23.2 Å². The van der Waals surface area contributed by atoms with Crippen molar-refractivity contribution in [1.29, 1.82) is 0 Å². The van der Waals surface area contributed by atoms with Crippen LogP contribution in [0.3, 0.4) is 0 Å². The van der Waals surface area contributed by atoms with Gasteiger partial charge in [0.2, 0.25) is 10.0 Å². The zero-order chi connectivity index (χ0) is 16.0. The highest BCUT2D eigenvalue weighted by atomic mass is 35.5. The molecule has 0 saturated heterocycles. The molecule has 0 aromatic heterocycles. The Morgan fingerprint density at radius 3 is 2.43 bits per heavy atom. The van der Waals surface area contributed by atoms with Gasteiger partial charge in [-0.1, -0.05) is 43.5 Å². The molecule has 1 rings (SSSR count). The number of benzene rings is 1. The van der Waals surface area contributed by atoms with E-state index >= 15 is 0 Å². The Kier molecular flexibility index (Phi) is 7.44. The first kappa shape index (κ1) is 18.7. The van der Waals surface area contributed by atoms with E-state index in [2.05, 4.69) is 10.0 Å². The number of hydrogen-bond donors (Lipinski definition) is 2. The lowest BCUT2D eigenvalue weighted by Crippen LogP contribution is -2.34. The van der Waals surface area contributed by atoms with Crippen LogP contribution in [0.5, 0.6) is 0 Å². The first-order chi connectivity index (χ1) is 9.87. The topological polar surface area (TPSA) is 58.2 Å². The third-order valence-electron chi connectivity index (χ3n) is 3.25. The summed E-state index contributed by atoms with van der Waals surface area (Å²) in [4.78, 5) is 0.0772. The average Bonchev–Trinajstić information content (AvgIpc) is 2.42. The number of nitrogens with one attached hydrogen (secondary N) is 2. The molecule has 1 unspecified atom stereocenters. The molecular formula is C14H22Cl2N2O2S. The van der Waals surface area contributed by atoms with Gasteiger partial charge < -0.3 is 5.32 Å². The van der Waals surface area contributed by atoms with Gasteiger partial charge in [-0.05, 0) is 32.0 Å². The van der Waals surface area contributed by atoms with Crippen LogP contribution in [0, 0.1) is 0 Å². The SMILES string of the molecule is CCCC(CC)NS(=O)(=O)c1ccc(Cl)c(CNC)c1Cl. The van der Waals surface area contributed by atoms with Gasteiger partial charge in [-0.25, -0.2) is 13.1 Å². The average molecular weight is 353 g/mol. The monoisotopic (exact) mass is 352 g/mol. The lowest BCUT2D eigenvalue weighted by Gasteiger charge is -2.18. The van der Waals surface area contributed by atoms with E-state index in [9.17, 15) is 8.42 Å². The minimum atomic E-state index is -3.65. The van der Waals surface area contributed by atoms with Crippen molar-refractivity contribution in [3.8, 4) is 0 Å². The zero-order valence-corrected chi connectivity index (χ0v) is 14.9. The molecule has 2 N–H and O–H groups in total. The number of rotatable bonds is 8. The van der Waals surface area contributed by atoms with Gasteiger partial charge in [0.05, 0.1) is 5.02 Å². The van der Waals surface area contributed by atoms with E-state index in [1.165, 1.54) is 6.07 Å². The molecule has 0 spiro atoms. The molecule has 21 heavy (non-hydrogen) atoms. The van der Waals surface area contributed by atoms with Crippen LogP contribution in [-0.4, -0.2) is 21.5 Å². The second-order valence-corrected chi connectivity index (χ2v) is 7.35. The van der Waals surface area contributed by atoms with E-state index in [0.29, 0.717) is 17.1 Å². The van der Waals surface area contributed by atoms with Gasteiger partial charge in [0.15, 0.2) is 0 Å². The Balaban J connectivity index is 3.17.